The third-order valence-electron chi connectivity index (χ3n) is 8.03. The lowest BCUT2D eigenvalue weighted by molar-refractivity contribution is 0.215. The van der Waals surface area contributed by atoms with Crippen LogP contribution in [0.2, 0.25) is 0 Å². The second-order valence-corrected chi connectivity index (χ2v) is 11.3. The molecule has 3 heteroatoms. The Kier molecular flexibility index (Phi) is 10.2. The van der Waals surface area contributed by atoms with Gasteiger partial charge in [-0.25, -0.2) is 0 Å². The fourth-order valence-corrected chi connectivity index (χ4v) is 6.18. The van der Waals surface area contributed by atoms with E-state index in [1.165, 1.54) is 48.8 Å². The van der Waals surface area contributed by atoms with Gasteiger partial charge < -0.3 is 4.90 Å². The van der Waals surface area contributed by atoms with Crippen LogP contribution in [-0.4, -0.2) is 24.5 Å². The summed E-state index contributed by atoms with van der Waals surface area (Å²) in [4.78, 5) is 2.62. The van der Waals surface area contributed by atoms with Crippen LogP contribution in [0.3, 0.4) is 0 Å². The Morgan fingerprint density at radius 2 is 1.31 bits per heavy atom. The minimum atomic E-state index is -0.383. The summed E-state index contributed by atoms with van der Waals surface area (Å²) in [7, 11) is 0. The molecule has 1 fully saturated rings. The van der Waals surface area contributed by atoms with Crippen molar-refractivity contribution in [2.75, 3.05) is 19.6 Å². The Hall–Kier alpha value is -2.41. The molecule has 0 aromatic heterocycles. The summed E-state index contributed by atoms with van der Waals surface area (Å²) in [6.45, 7) is 3.14. The highest BCUT2D eigenvalue weighted by molar-refractivity contribution is 9.10. The maximum absolute atomic E-state index is 10.6. The third-order valence-corrected chi connectivity index (χ3v) is 8.55. The molecule has 0 N–H and O–H groups in total. The minimum absolute atomic E-state index is 0.383. The van der Waals surface area contributed by atoms with Crippen molar-refractivity contribution in [3.8, 4) is 6.07 Å². The molecule has 1 atom stereocenters. The number of halogens is 1. The van der Waals surface area contributed by atoms with Crippen LogP contribution in [-0.2, 0) is 18.3 Å². The molecule has 0 saturated heterocycles. The second-order valence-electron chi connectivity index (χ2n) is 10.3. The first-order chi connectivity index (χ1) is 17.7. The van der Waals surface area contributed by atoms with E-state index in [0.717, 1.165) is 49.8 Å². The highest BCUT2D eigenvalue weighted by atomic mass is 79.9. The van der Waals surface area contributed by atoms with Crippen LogP contribution >= 0.6 is 15.9 Å². The molecule has 0 spiro atoms. The fourth-order valence-electron chi connectivity index (χ4n) is 5.92. The summed E-state index contributed by atoms with van der Waals surface area (Å²) in [6, 6.07) is 33.1. The van der Waals surface area contributed by atoms with E-state index in [1.807, 2.05) is 0 Å². The molecular formula is C33H39BrN2. The van der Waals surface area contributed by atoms with Gasteiger partial charge in [0.25, 0.3) is 0 Å². The van der Waals surface area contributed by atoms with Crippen LogP contribution in [0.5, 0.6) is 0 Å². The molecule has 1 saturated carbocycles. The molecule has 3 aromatic carbocycles. The molecule has 0 radical (unpaired) electrons. The standard InChI is InChI=1S/C33H39BrN2/c34-32-19-17-31(18-20-32)33(27-35,30-15-8-3-9-16-30)23-10-24-36(25-21-28-11-4-1-5-12-28)26-22-29-13-6-2-7-14-29/h1-2,4-7,11-14,17-20,30H,3,8-10,15-16,21-26H2. The van der Waals surface area contributed by atoms with E-state index in [2.05, 4.69) is 112 Å². The predicted octanol–water partition coefficient (Wildman–Crippen LogP) is 8.36. The summed E-state index contributed by atoms with van der Waals surface area (Å²) in [5, 5.41) is 10.6. The maximum atomic E-state index is 10.6. The van der Waals surface area contributed by atoms with E-state index in [4.69, 9.17) is 0 Å². The normalized spacial score (nSPS) is 15.9. The first-order valence-electron chi connectivity index (χ1n) is 13.7. The van der Waals surface area contributed by atoms with Crippen molar-refractivity contribution >= 4 is 15.9 Å². The average molecular weight is 544 g/mol. The van der Waals surface area contributed by atoms with Crippen LogP contribution in [0.15, 0.2) is 89.4 Å². The van der Waals surface area contributed by atoms with E-state index in [-0.39, 0.29) is 5.41 Å². The zero-order valence-corrected chi connectivity index (χ0v) is 23.0. The van der Waals surface area contributed by atoms with E-state index in [9.17, 15) is 5.26 Å². The van der Waals surface area contributed by atoms with Gasteiger partial charge in [0.1, 0.15) is 0 Å². The third kappa shape index (κ3) is 7.31. The lowest BCUT2D eigenvalue weighted by Gasteiger charge is -2.38. The van der Waals surface area contributed by atoms with E-state index in [1.54, 1.807) is 0 Å². The molecule has 188 valence electrons. The minimum Gasteiger partial charge on any atom is -0.303 e. The summed E-state index contributed by atoms with van der Waals surface area (Å²) < 4.78 is 1.08. The van der Waals surface area contributed by atoms with Crippen LogP contribution < -0.4 is 0 Å². The Balaban J connectivity index is 1.45. The smallest absolute Gasteiger partial charge is 0.0850 e. The van der Waals surface area contributed by atoms with E-state index in [0.29, 0.717) is 5.92 Å². The lowest BCUT2D eigenvalue weighted by Crippen LogP contribution is -2.37. The first kappa shape index (κ1) is 26.6. The second kappa shape index (κ2) is 13.8. The van der Waals surface area contributed by atoms with Gasteiger partial charge in [-0.1, -0.05) is 108 Å². The summed E-state index contributed by atoms with van der Waals surface area (Å²) >= 11 is 3.59. The highest BCUT2D eigenvalue weighted by Crippen LogP contribution is 2.44. The van der Waals surface area contributed by atoms with Gasteiger partial charge in [-0.05, 0) is 79.8 Å². The molecule has 0 amide bonds. The van der Waals surface area contributed by atoms with Crippen LogP contribution in [0.25, 0.3) is 0 Å². The monoisotopic (exact) mass is 542 g/mol. The Morgan fingerprint density at radius 3 is 1.83 bits per heavy atom. The van der Waals surface area contributed by atoms with Crippen molar-refractivity contribution in [1.82, 2.24) is 4.90 Å². The zero-order valence-electron chi connectivity index (χ0n) is 21.4. The molecule has 4 rings (SSSR count). The topological polar surface area (TPSA) is 27.0 Å². The molecular weight excluding hydrogens is 504 g/mol. The van der Waals surface area contributed by atoms with Gasteiger partial charge in [-0.15, -0.1) is 0 Å². The predicted molar refractivity (Wildman–Crippen MR) is 154 cm³/mol. The van der Waals surface area contributed by atoms with Gasteiger partial charge in [-0.2, -0.15) is 5.26 Å². The largest absolute Gasteiger partial charge is 0.303 e. The van der Waals surface area contributed by atoms with Gasteiger partial charge >= 0.3 is 0 Å². The van der Waals surface area contributed by atoms with Crippen LogP contribution in [0.1, 0.15) is 61.6 Å². The van der Waals surface area contributed by atoms with Gasteiger partial charge in [0, 0.05) is 17.6 Å². The van der Waals surface area contributed by atoms with Crippen molar-refractivity contribution in [1.29, 1.82) is 5.26 Å². The molecule has 0 aliphatic heterocycles. The number of rotatable bonds is 12. The number of nitriles is 1. The molecule has 36 heavy (non-hydrogen) atoms. The summed E-state index contributed by atoms with van der Waals surface area (Å²) in [6.07, 6.45) is 10.3. The van der Waals surface area contributed by atoms with E-state index >= 15 is 0 Å². The molecule has 1 unspecified atom stereocenters. The highest BCUT2D eigenvalue weighted by Gasteiger charge is 2.40. The van der Waals surface area contributed by atoms with Crippen molar-refractivity contribution in [3.63, 3.8) is 0 Å². The number of hydrogen-bond donors (Lipinski definition) is 0. The Labute approximate surface area is 226 Å². The number of benzene rings is 3. The first-order valence-corrected chi connectivity index (χ1v) is 14.5. The quantitative estimate of drug-likeness (QED) is 0.230. The molecule has 0 heterocycles. The fraction of sp³-hybridized carbons (Fsp3) is 0.424. The molecule has 2 nitrogen and oxygen atoms in total. The van der Waals surface area contributed by atoms with Gasteiger partial charge in [0.2, 0.25) is 0 Å². The molecule has 0 bridgehead atoms. The van der Waals surface area contributed by atoms with Crippen molar-refractivity contribution < 1.29 is 0 Å². The zero-order chi connectivity index (χ0) is 25.1. The van der Waals surface area contributed by atoms with Crippen molar-refractivity contribution in [3.05, 3.63) is 106 Å². The van der Waals surface area contributed by atoms with Crippen LogP contribution in [0, 0.1) is 17.2 Å². The van der Waals surface area contributed by atoms with Crippen molar-refractivity contribution in [2.45, 2.75) is 63.2 Å². The number of nitrogens with zero attached hydrogens (tertiary/aromatic N) is 2. The average Bonchev–Trinajstić information content (AvgIpc) is 2.94. The maximum Gasteiger partial charge on any atom is 0.0850 e. The van der Waals surface area contributed by atoms with E-state index < -0.39 is 0 Å². The van der Waals surface area contributed by atoms with Gasteiger partial charge in [0.15, 0.2) is 0 Å². The Bertz CT molecular complexity index is 1020. The molecule has 3 aromatic rings. The Morgan fingerprint density at radius 1 is 0.750 bits per heavy atom. The lowest BCUT2D eigenvalue weighted by atomic mass is 9.63. The van der Waals surface area contributed by atoms with Crippen LogP contribution in [0.4, 0.5) is 0 Å². The SMILES string of the molecule is N#CC(CCCN(CCc1ccccc1)CCc1ccccc1)(c1ccc(Br)cc1)C1CCCCC1. The van der Waals surface area contributed by atoms with Gasteiger partial charge in [-0.3, -0.25) is 0 Å². The van der Waals surface area contributed by atoms with Gasteiger partial charge in [0.05, 0.1) is 11.5 Å². The summed E-state index contributed by atoms with van der Waals surface area (Å²) in [5.74, 6) is 0.458. The van der Waals surface area contributed by atoms with Crippen molar-refractivity contribution in [2.24, 2.45) is 5.92 Å². The molecule has 1 aliphatic rings. The molecule has 1 aliphatic carbocycles. The number of hydrogen-bond acceptors (Lipinski definition) is 2. The summed E-state index contributed by atoms with van der Waals surface area (Å²) in [5.41, 5.74) is 3.61.